The van der Waals surface area contributed by atoms with Crippen LogP contribution in [-0.2, 0) is 19.9 Å². The van der Waals surface area contributed by atoms with Gasteiger partial charge in [-0.2, -0.15) is 5.10 Å². The zero-order valence-electron chi connectivity index (χ0n) is 12.6. The molecule has 1 aliphatic rings. The fourth-order valence-corrected chi connectivity index (χ4v) is 4.11. The highest BCUT2D eigenvalue weighted by molar-refractivity contribution is 7.16. The van der Waals surface area contributed by atoms with E-state index in [0.717, 1.165) is 35.4 Å². The van der Waals surface area contributed by atoms with E-state index in [1.54, 1.807) is 0 Å². The first kappa shape index (κ1) is 14.0. The molecule has 0 spiro atoms. The van der Waals surface area contributed by atoms with Gasteiger partial charge in [0.05, 0.1) is 22.3 Å². The zero-order valence-corrected chi connectivity index (χ0v) is 13.4. The topological polar surface area (TPSA) is 70.1 Å². The zero-order chi connectivity index (χ0) is 16.0. The van der Waals surface area contributed by atoms with E-state index in [0.29, 0.717) is 9.94 Å². The number of aryl methyl sites for hydroxylation is 2. The number of hydrogen-bond acceptors (Lipinski definition) is 4. The molecule has 1 aromatic carbocycles. The first-order valence-corrected chi connectivity index (χ1v) is 8.16. The van der Waals surface area contributed by atoms with Gasteiger partial charge in [0.15, 0.2) is 5.06 Å². The summed E-state index contributed by atoms with van der Waals surface area (Å²) in [6.45, 7) is 0. The summed E-state index contributed by atoms with van der Waals surface area (Å²) in [6, 6.07) is 9.55. The molecule has 0 bridgehead atoms. The van der Waals surface area contributed by atoms with Crippen molar-refractivity contribution in [3.05, 3.63) is 52.5 Å². The summed E-state index contributed by atoms with van der Waals surface area (Å²) >= 11 is 1.32. The highest BCUT2D eigenvalue weighted by Crippen LogP contribution is 2.48. The van der Waals surface area contributed by atoms with E-state index in [1.807, 2.05) is 48.3 Å². The number of thiophene rings is 1. The fraction of sp³-hybridized carbons (Fsp3) is 0.176. The number of fused-ring (bicyclic) bond motifs is 3. The number of hydrogen-bond donors (Lipinski definition) is 1. The number of nitrogens with two attached hydrogens (primary N) is 1. The second-order valence-electron chi connectivity index (χ2n) is 5.49. The summed E-state index contributed by atoms with van der Waals surface area (Å²) in [6.07, 6.45) is 3.52. The Balaban J connectivity index is 1.91. The maximum absolute atomic E-state index is 11.8. The molecule has 6 heteroatoms. The van der Waals surface area contributed by atoms with Crippen molar-refractivity contribution < 1.29 is 9.53 Å². The third kappa shape index (κ3) is 2.22. The molecule has 4 rings (SSSR count). The molecule has 0 radical (unpaired) electrons. The van der Waals surface area contributed by atoms with Crippen LogP contribution in [0.4, 0.5) is 0 Å². The highest BCUT2D eigenvalue weighted by atomic mass is 32.1. The molecule has 0 saturated carbocycles. The smallest absolute Gasteiger partial charge is 0.259 e. The van der Waals surface area contributed by atoms with Gasteiger partial charge < -0.3 is 10.5 Å². The van der Waals surface area contributed by atoms with Gasteiger partial charge in [-0.1, -0.05) is 29.5 Å². The second-order valence-corrected chi connectivity index (χ2v) is 6.48. The molecule has 0 saturated heterocycles. The molecule has 2 aromatic heterocycles. The first-order valence-electron chi connectivity index (χ1n) is 7.34. The Hall–Kier alpha value is -2.60. The Morgan fingerprint density at radius 3 is 2.83 bits per heavy atom. The van der Waals surface area contributed by atoms with E-state index in [9.17, 15) is 4.79 Å². The van der Waals surface area contributed by atoms with Gasteiger partial charge in [0.25, 0.3) is 5.91 Å². The largest absolute Gasteiger partial charge is 0.446 e. The van der Waals surface area contributed by atoms with Gasteiger partial charge in [-0.25, -0.2) is 0 Å². The van der Waals surface area contributed by atoms with E-state index in [1.165, 1.54) is 16.9 Å². The van der Waals surface area contributed by atoms with Crippen molar-refractivity contribution in [1.82, 2.24) is 9.78 Å². The Morgan fingerprint density at radius 1 is 1.30 bits per heavy atom. The SMILES string of the molecule is Cn1ncc2c1-c1c(Oc3ccccc3)sc(C(N)=O)c1CC2. The fourth-order valence-electron chi connectivity index (χ4n) is 3.03. The molecule has 116 valence electrons. The summed E-state index contributed by atoms with van der Waals surface area (Å²) in [5, 5.41) is 5.05. The van der Waals surface area contributed by atoms with Crippen LogP contribution in [0, 0.1) is 0 Å². The van der Waals surface area contributed by atoms with Crippen molar-refractivity contribution in [2.75, 3.05) is 0 Å². The predicted molar refractivity (Wildman–Crippen MR) is 89.0 cm³/mol. The van der Waals surface area contributed by atoms with Crippen molar-refractivity contribution in [2.45, 2.75) is 12.8 Å². The Bertz CT molecular complexity index is 896. The van der Waals surface area contributed by atoms with E-state index >= 15 is 0 Å². The van der Waals surface area contributed by atoms with Crippen LogP contribution >= 0.6 is 11.3 Å². The van der Waals surface area contributed by atoms with Crippen LogP contribution < -0.4 is 10.5 Å². The number of carbonyl (C=O) groups excluding carboxylic acids is 1. The van der Waals surface area contributed by atoms with E-state index < -0.39 is 5.91 Å². The van der Waals surface area contributed by atoms with Crippen LogP contribution in [0.3, 0.4) is 0 Å². The predicted octanol–water partition coefficient (Wildman–Crippen LogP) is 3.14. The van der Waals surface area contributed by atoms with Gasteiger partial charge in [-0.05, 0) is 36.1 Å². The van der Waals surface area contributed by atoms with Gasteiger partial charge in [0.1, 0.15) is 5.75 Å². The third-order valence-electron chi connectivity index (χ3n) is 4.05. The molecular weight excluding hydrogens is 310 g/mol. The van der Waals surface area contributed by atoms with Gasteiger partial charge in [-0.3, -0.25) is 9.48 Å². The average Bonchev–Trinajstić information content (AvgIpc) is 3.10. The number of aromatic nitrogens is 2. The monoisotopic (exact) mass is 325 g/mol. The summed E-state index contributed by atoms with van der Waals surface area (Å²) in [5.74, 6) is 0.335. The van der Waals surface area contributed by atoms with E-state index in [2.05, 4.69) is 5.10 Å². The minimum absolute atomic E-state index is 0.403. The van der Waals surface area contributed by atoms with Gasteiger partial charge >= 0.3 is 0 Å². The van der Waals surface area contributed by atoms with Crippen molar-refractivity contribution in [3.8, 4) is 22.1 Å². The van der Waals surface area contributed by atoms with Crippen molar-refractivity contribution in [3.63, 3.8) is 0 Å². The number of nitrogens with zero attached hydrogens (tertiary/aromatic N) is 2. The van der Waals surface area contributed by atoms with Crippen LogP contribution in [0.25, 0.3) is 11.3 Å². The van der Waals surface area contributed by atoms with Crippen LogP contribution in [0.5, 0.6) is 10.8 Å². The lowest BCUT2D eigenvalue weighted by Gasteiger charge is -2.16. The first-order chi connectivity index (χ1) is 11.1. The second kappa shape index (κ2) is 5.24. The van der Waals surface area contributed by atoms with E-state index in [-0.39, 0.29) is 0 Å². The summed E-state index contributed by atoms with van der Waals surface area (Å²) in [7, 11) is 1.90. The van der Waals surface area contributed by atoms with Crippen molar-refractivity contribution in [1.29, 1.82) is 0 Å². The minimum Gasteiger partial charge on any atom is -0.446 e. The molecule has 5 nitrogen and oxygen atoms in total. The molecule has 3 aromatic rings. The molecule has 2 N–H and O–H groups in total. The molecule has 0 atom stereocenters. The van der Waals surface area contributed by atoms with Gasteiger partial charge in [0.2, 0.25) is 0 Å². The Morgan fingerprint density at radius 2 is 2.09 bits per heavy atom. The number of amides is 1. The minimum atomic E-state index is -0.403. The summed E-state index contributed by atoms with van der Waals surface area (Å²) in [4.78, 5) is 12.4. The number of primary amides is 1. The maximum atomic E-state index is 11.8. The van der Waals surface area contributed by atoms with E-state index in [4.69, 9.17) is 10.5 Å². The quantitative estimate of drug-likeness (QED) is 0.804. The average molecular weight is 325 g/mol. The third-order valence-corrected chi connectivity index (χ3v) is 5.17. The normalized spacial score (nSPS) is 12.6. The lowest BCUT2D eigenvalue weighted by atomic mass is 9.91. The molecule has 2 heterocycles. The maximum Gasteiger partial charge on any atom is 0.259 e. The van der Waals surface area contributed by atoms with Crippen LogP contribution in [0.2, 0.25) is 0 Å². The standard InChI is InChI=1S/C17H15N3O2S/c1-20-14-10(9-19-20)7-8-12-13(14)17(23-15(12)16(18)21)22-11-5-3-2-4-6-11/h2-6,9H,7-8H2,1H3,(H2,18,21). The molecule has 1 aliphatic carbocycles. The highest BCUT2D eigenvalue weighted by Gasteiger charge is 2.30. The Kier molecular flexibility index (Phi) is 3.20. The lowest BCUT2D eigenvalue weighted by Crippen LogP contribution is -2.13. The van der Waals surface area contributed by atoms with Gasteiger partial charge in [-0.15, -0.1) is 0 Å². The molecule has 0 fully saturated rings. The Labute approximate surface area is 137 Å². The van der Waals surface area contributed by atoms with Crippen LogP contribution in [0.15, 0.2) is 36.5 Å². The molecule has 0 unspecified atom stereocenters. The van der Waals surface area contributed by atoms with Crippen molar-refractivity contribution >= 4 is 17.2 Å². The van der Waals surface area contributed by atoms with Crippen molar-refractivity contribution in [2.24, 2.45) is 12.8 Å². The number of rotatable bonds is 3. The number of ether oxygens (including phenoxy) is 1. The van der Waals surface area contributed by atoms with Gasteiger partial charge in [0, 0.05) is 7.05 Å². The summed E-state index contributed by atoms with van der Waals surface area (Å²) < 4.78 is 7.89. The summed E-state index contributed by atoms with van der Waals surface area (Å²) in [5.41, 5.74) is 9.69. The molecule has 1 amide bonds. The number of para-hydroxylation sites is 1. The number of carbonyl (C=O) groups is 1. The molecule has 23 heavy (non-hydrogen) atoms. The van der Waals surface area contributed by atoms with Crippen LogP contribution in [-0.4, -0.2) is 15.7 Å². The number of benzene rings is 1. The molecular formula is C17H15N3O2S. The van der Waals surface area contributed by atoms with Crippen LogP contribution in [0.1, 0.15) is 20.8 Å². The molecule has 0 aliphatic heterocycles. The lowest BCUT2D eigenvalue weighted by molar-refractivity contribution is 0.100.